The molecule has 2 N–H and O–H groups in total. The molecule has 9 heteroatoms. The minimum absolute atomic E-state index is 0.0506. The number of aliphatic hydroxyl groups excluding tert-OH is 1. The quantitative estimate of drug-likeness (QED) is 0.550. The second-order valence-electron chi connectivity index (χ2n) is 7.34. The molecule has 2 aliphatic heterocycles. The van der Waals surface area contributed by atoms with Gasteiger partial charge in [0, 0.05) is 16.5 Å². The first-order chi connectivity index (χ1) is 14.3. The molecule has 0 aliphatic carbocycles. The van der Waals surface area contributed by atoms with E-state index in [0.29, 0.717) is 32.7 Å². The average molecular weight is 473 g/mol. The third-order valence-corrected chi connectivity index (χ3v) is 6.72. The summed E-state index contributed by atoms with van der Waals surface area (Å²) in [4.78, 5) is 30.1. The van der Waals surface area contributed by atoms with Crippen molar-refractivity contribution in [2.45, 2.75) is 31.8 Å². The Labute approximate surface area is 178 Å². The maximum atomic E-state index is 13.2. The number of benzene rings is 1. The lowest BCUT2D eigenvalue weighted by atomic mass is 9.86. The van der Waals surface area contributed by atoms with Crippen LogP contribution in [-0.2, 0) is 21.7 Å². The summed E-state index contributed by atoms with van der Waals surface area (Å²) in [5.74, 6) is -0.173. The summed E-state index contributed by atoms with van der Waals surface area (Å²) < 4.78 is 12.3. The summed E-state index contributed by atoms with van der Waals surface area (Å²) >= 11 is 3.50. The molecule has 30 heavy (non-hydrogen) atoms. The van der Waals surface area contributed by atoms with E-state index in [2.05, 4.69) is 20.9 Å². The Hall–Kier alpha value is -2.75. The van der Waals surface area contributed by atoms with Crippen LogP contribution >= 0.6 is 15.9 Å². The molecule has 0 radical (unpaired) electrons. The number of esters is 1. The van der Waals surface area contributed by atoms with Crippen LogP contribution in [0.25, 0.3) is 22.3 Å². The fraction of sp³-hybridized carbons (Fsp3) is 0.286. The van der Waals surface area contributed by atoms with Crippen molar-refractivity contribution < 1.29 is 24.5 Å². The zero-order chi connectivity index (χ0) is 21.4. The summed E-state index contributed by atoms with van der Waals surface area (Å²) in [5, 5.41) is 22.6. The lowest BCUT2D eigenvalue weighted by Gasteiger charge is -2.31. The minimum atomic E-state index is -1.91. The van der Waals surface area contributed by atoms with Gasteiger partial charge in [-0.25, -0.2) is 9.78 Å². The molecular weight excluding hydrogens is 456 g/mol. The lowest BCUT2D eigenvalue weighted by molar-refractivity contribution is -0.172. The van der Waals surface area contributed by atoms with Gasteiger partial charge < -0.3 is 19.7 Å². The van der Waals surface area contributed by atoms with Crippen LogP contribution in [0.1, 0.15) is 36.3 Å². The van der Waals surface area contributed by atoms with E-state index in [1.807, 2.05) is 0 Å². The number of fused-ring (bicyclic) bond motifs is 5. The van der Waals surface area contributed by atoms with Crippen LogP contribution in [0.15, 0.2) is 33.5 Å². The van der Waals surface area contributed by atoms with E-state index in [0.717, 1.165) is 5.39 Å². The fourth-order valence-corrected chi connectivity index (χ4v) is 4.82. The van der Waals surface area contributed by atoms with E-state index >= 15 is 0 Å². The first-order valence-electron chi connectivity index (χ1n) is 9.36. The van der Waals surface area contributed by atoms with Crippen molar-refractivity contribution in [2.75, 3.05) is 7.11 Å². The van der Waals surface area contributed by atoms with Gasteiger partial charge in [-0.3, -0.25) is 9.36 Å². The van der Waals surface area contributed by atoms with Crippen molar-refractivity contribution in [3.05, 3.63) is 55.8 Å². The van der Waals surface area contributed by atoms with Crippen LogP contribution in [0.2, 0.25) is 0 Å². The summed E-state index contributed by atoms with van der Waals surface area (Å²) in [5.41, 5.74) is -0.226. The molecule has 2 unspecified atom stereocenters. The van der Waals surface area contributed by atoms with Crippen LogP contribution in [0.4, 0.5) is 0 Å². The van der Waals surface area contributed by atoms with Crippen molar-refractivity contribution >= 4 is 32.8 Å². The first-order valence-corrected chi connectivity index (χ1v) is 10.1. The molecule has 0 fully saturated rings. The molecule has 2 aliphatic rings. The van der Waals surface area contributed by atoms with Gasteiger partial charge >= 0.3 is 5.97 Å². The number of nitrogens with zero attached hydrogens (tertiary/aromatic N) is 2. The van der Waals surface area contributed by atoms with Crippen LogP contribution in [0.3, 0.4) is 0 Å². The molecule has 154 valence electrons. The van der Waals surface area contributed by atoms with E-state index in [9.17, 15) is 19.8 Å². The van der Waals surface area contributed by atoms with Gasteiger partial charge in [0.1, 0.15) is 12.4 Å². The van der Waals surface area contributed by atoms with Gasteiger partial charge in [-0.2, -0.15) is 0 Å². The molecule has 1 aromatic carbocycles. The largest absolute Gasteiger partial charge is 0.496 e. The van der Waals surface area contributed by atoms with E-state index in [1.165, 1.54) is 4.57 Å². The van der Waals surface area contributed by atoms with Gasteiger partial charge in [0.2, 0.25) is 0 Å². The SMILES string of the molecule is CCC1(O)C(=O)OCc2c1cc1n(c2=O)C(O)c2cc3c(Br)c(OC)ccc3nc2-1. The van der Waals surface area contributed by atoms with Crippen molar-refractivity contribution in [1.29, 1.82) is 0 Å². The van der Waals surface area contributed by atoms with E-state index in [1.54, 1.807) is 38.3 Å². The number of hydrogen-bond donors (Lipinski definition) is 2. The predicted molar refractivity (Wildman–Crippen MR) is 110 cm³/mol. The maximum absolute atomic E-state index is 13.2. The summed E-state index contributed by atoms with van der Waals surface area (Å²) in [6, 6.07) is 6.87. The monoisotopic (exact) mass is 472 g/mol. The van der Waals surface area contributed by atoms with Gasteiger partial charge in [0.25, 0.3) is 5.56 Å². The molecule has 5 rings (SSSR count). The number of methoxy groups -OCH3 is 1. The summed E-state index contributed by atoms with van der Waals surface area (Å²) in [7, 11) is 1.56. The Morgan fingerprint density at radius 3 is 2.83 bits per heavy atom. The Bertz CT molecular complexity index is 1320. The zero-order valence-corrected chi connectivity index (χ0v) is 17.7. The van der Waals surface area contributed by atoms with Crippen molar-refractivity contribution in [3.8, 4) is 17.1 Å². The topological polar surface area (TPSA) is 111 Å². The molecule has 0 amide bonds. The summed E-state index contributed by atoms with van der Waals surface area (Å²) in [6.45, 7) is 1.39. The molecule has 3 aromatic rings. The molecule has 0 saturated carbocycles. The number of hydrogen-bond acceptors (Lipinski definition) is 7. The number of carbonyl (C=O) groups is 1. The number of aromatic nitrogens is 2. The Morgan fingerprint density at radius 2 is 2.13 bits per heavy atom. The van der Waals surface area contributed by atoms with E-state index < -0.39 is 23.4 Å². The zero-order valence-electron chi connectivity index (χ0n) is 16.1. The summed E-state index contributed by atoms with van der Waals surface area (Å²) in [6.07, 6.45) is -1.20. The maximum Gasteiger partial charge on any atom is 0.343 e. The van der Waals surface area contributed by atoms with Gasteiger partial charge in [0.05, 0.1) is 34.1 Å². The molecule has 0 spiro atoms. The lowest BCUT2D eigenvalue weighted by Crippen LogP contribution is -2.44. The van der Waals surface area contributed by atoms with Crippen LogP contribution in [0, 0.1) is 0 Å². The smallest absolute Gasteiger partial charge is 0.343 e. The highest BCUT2D eigenvalue weighted by Crippen LogP contribution is 2.43. The molecule has 2 aromatic heterocycles. The number of ether oxygens (including phenoxy) is 2. The Morgan fingerprint density at radius 1 is 1.37 bits per heavy atom. The van der Waals surface area contributed by atoms with Gasteiger partial charge in [0.15, 0.2) is 11.8 Å². The van der Waals surface area contributed by atoms with Gasteiger partial charge in [-0.15, -0.1) is 0 Å². The molecular formula is C21H17BrN2O6. The number of cyclic esters (lactones) is 1. The van der Waals surface area contributed by atoms with Gasteiger partial charge in [-0.05, 0) is 46.6 Å². The molecule has 0 bridgehead atoms. The number of halogens is 1. The standard InChI is InChI=1S/C21H17BrN2O6/c1-3-21(28)12-7-14-17-10(6-9-13(23-17)4-5-15(29-2)16(9)22)18(25)24(14)19(26)11(12)8-30-20(21)27/h4-7,18,25,28H,3,8H2,1-2H3. The van der Waals surface area contributed by atoms with Crippen molar-refractivity contribution in [1.82, 2.24) is 9.55 Å². The third kappa shape index (κ3) is 2.31. The highest BCUT2D eigenvalue weighted by molar-refractivity contribution is 9.10. The number of rotatable bonds is 2. The molecule has 2 atom stereocenters. The van der Waals surface area contributed by atoms with Crippen LogP contribution in [-0.4, -0.2) is 32.8 Å². The highest BCUT2D eigenvalue weighted by Gasteiger charge is 2.46. The van der Waals surface area contributed by atoms with E-state index in [-0.39, 0.29) is 24.2 Å². The number of aliphatic hydroxyl groups is 2. The van der Waals surface area contributed by atoms with Crippen molar-refractivity contribution in [2.24, 2.45) is 0 Å². The highest BCUT2D eigenvalue weighted by atomic mass is 79.9. The number of carbonyl (C=O) groups excluding carboxylic acids is 1. The molecule has 0 saturated heterocycles. The van der Waals surface area contributed by atoms with Crippen molar-refractivity contribution in [3.63, 3.8) is 0 Å². The molecule has 4 heterocycles. The third-order valence-electron chi connectivity index (χ3n) is 5.90. The van der Waals surface area contributed by atoms with Crippen LogP contribution < -0.4 is 10.3 Å². The second kappa shape index (κ2) is 6.37. The molecule has 8 nitrogen and oxygen atoms in total. The minimum Gasteiger partial charge on any atom is -0.496 e. The first kappa shape index (κ1) is 19.2. The van der Waals surface area contributed by atoms with Crippen LogP contribution in [0.5, 0.6) is 5.75 Å². The number of pyridine rings is 2. The average Bonchev–Trinajstić information content (AvgIpc) is 3.02. The Balaban J connectivity index is 1.82. The second-order valence-corrected chi connectivity index (χ2v) is 8.13. The van der Waals surface area contributed by atoms with Gasteiger partial charge in [-0.1, -0.05) is 6.92 Å². The normalized spacial score (nSPS) is 21.8. The Kier molecular flexibility index (Phi) is 4.08. The fourth-order valence-electron chi connectivity index (χ4n) is 4.20. The van der Waals surface area contributed by atoms with E-state index in [4.69, 9.17) is 9.47 Å². The predicted octanol–water partition coefficient (Wildman–Crippen LogP) is 2.34.